The van der Waals surface area contributed by atoms with Crippen LogP contribution >= 0.6 is 0 Å². The number of alkyl halides is 3. The summed E-state index contributed by atoms with van der Waals surface area (Å²) in [6.07, 6.45) is -5.51. The third kappa shape index (κ3) is 4.75. The lowest BCUT2D eigenvalue weighted by atomic mass is 10.1. The summed E-state index contributed by atoms with van der Waals surface area (Å²) < 4.78 is 35.8. The Kier molecular flexibility index (Phi) is 4.89. The van der Waals surface area contributed by atoms with E-state index in [1.54, 1.807) is 0 Å². The third-order valence-corrected chi connectivity index (χ3v) is 2.39. The maximum absolute atomic E-state index is 11.9. The second-order valence-corrected chi connectivity index (χ2v) is 3.94. The van der Waals surface area contributed by atoms with Gasteiger partial charge in [-0.3, -0.25) is 10.1 Å². The van der Waals surface area contributed by atoms with Gasteiger partial charge in [-0.15, -0.1) is 0 Å². The molecule has 0 bridgehead atoms. The van der Waals surface area contributed by atoms with Crippen molar-refractivity contribution in [2.45, 2.75) is 19.0 Å². The van der Waals surface area contributed by atoms with Crippen LogP contribution in [0.15, 0.2) is 18.2 Å². The van der Waals surface area contributed by atoms with Gasteiger partial charge in [0.05, 0.1) is 10.5 Å². The zero-order chi connectivity index (χ0) is 15.3. The van der Waals surface area contributed by atoms with Crippen LogP contribution in [0, 0.1) is 10.1 Å². The van der Waals surface area contributed by atoms with Crippen LogP contribution in [0.25, 0.3) is 0 Å². The molecule has 0 fully saturated rings. The summed E-state index contributed by atoms with van der Waals surface area (Å²) in [5, 5.41) is 22.0. The smallest absolute Gasteiger partial charge is 0.389 e. The number of halogens is 3. The quantitative estimate of drug-likeness (QED) is 0.477. The van der Waals surface area contributed by atoms with Gasteiger partial charge in [-0.05, 0) is 18.6 Å². The van der Waals surface area contributed by atoms with Gasteiger partial charge in [0.25, 0.3) is 5.69 Å². The van der Waals surface area contributed by atoms with Crippen molar-refractivity contribution in [3.8, 4) is 0 Å². The summed E-state index contributed by atoms with van der Waals surface area (Å²) in [4.78, 5) is 20.7. The van der Waals surface area contributed by atoms with E-state index < -0.39 is 29.2 Å². The highest BCUT2D eigenvalue weighted by Gasteiger charge is 2.26. The molecular formula is C11H11F3N2O4. The molecule has 2 N–H and O–H groups in total. The van der Waals surface area contributed by atoms with E-state index in [4.69, 9.17) is 5.11 Å². The predicted molar refractivity (Wildman–Crippen MR) is 63.8 cm³/mol. The van der Waals surface area contributed by atoms with E-state index in [9.17, 15) is 28.1 Å². The highest BCUT2D eigenvalue weighted by molar-refractivity contribution is 5.89. The summed E-state index contributed by atoms with van der Waals surface area (Å²) in [6, 6.07) is 3.16. The zero-order valence-corrected chi connectivity index (χ0v) is 10.1. The van der Waals surface area contributed by atoms with E-state index in [-0.39, 0.29) is 24.2 Å². The molecule has 0 spiro atoms. The lowest BCUT2D eigenvalue weighted by Crippen LogP contribution is -2.11. The van der Waals surface area contributed by atoms with Crippen molar-refractivity contribution in [1.82, 2.24) is 0 Å². The number of nitro groups is 1. The SMILES string of the molecule is O=C(O)c1ccc(NCCCC(F)(F)F)c([N+](=O)[O-])c1. The maximum Gasteiger partial charge on any atom is 0.389 e. The number of benzene rings is 1. The van der Waals surface area contributed by atoms with Crippen LogP contribution in [0.2, 0.25) is 0 Å². The number of nitrogens with zero attached hydrogens (tertiary/aromatic N) is 1. The van der Waals surface area contributed by atoms with Crippen LogP contribution in [0.4, 0.5) is 24.5 Å². The van der Waals surface area contributed by atoms with E-state index in [0.29, 0.717) is 0 Å². The number of nitro benzene ring substituents is 1. The van der Waals surface area contributed by atoms with Gasteiger partial charge in [-0.25, -0.2) is 4.79 Å². The van der Waals surface area contributed by atoms with Gasteiger partial charge < -0.3 is 10.4 Å². The normalized spacial score (nSPS) is 11.2. The molecule has 1 aromatic carbocycles. The number of hydrogen-bond acceptors (Lipinski definition) is 4. The second kappa shape index (κ2) is 6.22. The molecule has 110 valence electrons. The van der Waals surface area contributed by atoms with E-state index >= 15 is 0 Å². The van der Waals surface area contributed by atoms with Gasteiger partial charge in [0.15, 0.2) is 0 Å². The molecule has 9 heteroatoms. The standard InChI is InChI=1S/C11H11F3N2O4/c12-11(13,14)4-1-5-15-8-3-2-7(10(17)18)6-9(8)16(19)20/h2-3,6,15H,1,4-5H2,(H,17,18). The lowest BCUT2D eigenvalue weighted by molar-refractivity contribution is -0.384. The van der Waals surface area contributed by atoms with Crippen molar-refractivity contribution in [2.24, 2.45) is 0 Å². The van der Waals surface area contributed by atoms with E-state index in [0.717, 1.165) is 18.2 Å². The molecule has 0 aromatic heterocycles. The molecule has 0 aliphatic rings. The van der Waals surface area contributed by atoms with Crippen molar-refractivity contribution in [3.05, 3.63) is 33.9 Å². The number of carboxylic acid groups (broad SMARTS) is 1. The Hall–Kier alpha value is -2.32. The average molecular weight is 292 g/mol. The molecule has 0 saturated heterocycles. The fourth-order valence-corrected chi connectivity index (χ4v) is 1.48. The van der Waals surface area contributed by atoms with Gasteiger partial charge in [-0.1, -0.05) is 0 Å². The number of hydrogen-bond donors (Lipinski definition) is 2. The summed E-state index contributed by atoms with van der Waals surface area (Å²) in [5.74, 6) is -1.32. The average Bonchev–Trinajstić information content (AvgIpc) is 2.33. The van der Waals surface area contributed by atoms with Gasteiger partial charge in [0, 0.05) is 19.0 Å². The number of anilines is 1. The minimum Gasteiger partial charge on any atom is -0.478 e. The van der Waals surface area contributed by atoms with Crippen LogP contribution in [-0.2, 0) is 0 Å². The first-order chi connectivity index (χ1) is 9.20. The Bertz CT molecular complexity index is 517. The summed E-state index contributed by atoms with van der Waals surface area (Å²) >= 11 is 0. The zero-order valence-electron chi connectivity index (χ0n) is 10.1. The van der Waals surface area contributed by atoms with E-state index in [1.165, 1.54) is 0 Å². The molecule has 1 rings (SSSR count). The molecule has 0 saturated carbocycles. The van der Waals surface area contributed by atoms with Crippen LogP contribution in [-0.4, -0.2) is 28.7 Å². The fourth-order valence-electron chi connectivity index (χ4n) is 1.48. The Labute approximate surface area is 111 Å². The maximum atomic E-state index is 11.9. The van der Waals surface area contributed by atoms with Gasteiger partial charge >= 0.3 is 12.1 Å². The van der Waals surface area contributed by atoms with Gasteiger partial charge in [-0.2, -0.15) is 13.2 Å². The molecule has 1 aromatic rings. The highest BCUT2D eigenvalue weighted by Crippen LogP contribution is 2.26. The number of aromatic carboxylic acids is 1. The minimum absolute atomic E-state index is 0.0119. The topological polar surface area (TPSA) is 92.5 Å². The van der Waals surface area contributed by atoms with E-state index in [1.807, 2.05) is 0 Å². The highest BCUT2D eigenvalue weighted by atomic mass is 19.4. The second-order valence-electron chi connectivity index (χ2n) is 3.94. The number of carbonyl (C=O) groups is 1. The number of rotatable bonds is 6. The Morgan fingerprint density at radius 2 is 2.05 bits per heavy atom. The number of carboxylic acids is 1. The van der Waals surface area contributed by atoms with Crippen LogP contribution in [0.1, 0.15) is 23.2 Å². The Balaban J connectivity index is 2.75. The largest absolute Gasteiger partial charge is 0.478 e. The van der Waals surface area contributed by atoms with Crippen molar-refractivity contribution in [1.29, 1.82) is 0 Å². The van der Waals surface area contributed by atoms with Crippen molar-refractivity contribution < 1.29 is 28.0 Å². The first-order valence-electron chi connectivity index (χ1n) is 5.53. The Morgan fingerprint density at radius 3 is 2.55 bits per heavy atom. The first-order valence-corrected chi connectivity index (χ1v) is 5.53. The molecule has 0 unspecified atom stereocenters. The summed E-state index contributed by atoms with van der Waals surface area (Å²) in [7, 11) is 0. The molecule has 0 radical (unpaired) electrons. The molecule has 6 nitrogen and oxygen atoms in total. The van der Waals surface area contributed by atoms with Crippen LogP contribution in [0.5, 0.6) is 0 Å². The predicted octanol–water partition coefficient (Wildman–Crippen LogP) is 3.05. The molecular weight excluding hydrogens is 281 g/mol. The van der Waals surface area contributed by atoms with Crippen molar-refractivity contribution in [3.63, 3.8) is 0 Å². The molecule has 0 aliphatic heterocycles. The van der Waals surface area contributed by atoms with Gasteiger partial charge in [0.2, 0.25) is 0 Å². The van der Waals surface area contributed by atoms with Crippen LogP contribution < -0.4 is 5.32 Å². The first kappa shape index (κ1) is 15.7. The van der Waals surface area contributed by atoms with Crippen LogP contribution in [0.3, 0.4) is 0 Å². The van der Waals surface area contributed by atoms with Crippen molar-refractivity contribution in [2.75, 3.05) is 11.9 Å². The monoisotopic (exact) mass is 292 g/mol. The summed E-state index contributed by atoms with van der Waals surface area (Å²) in [6.45, 7) is -0.104. The molecule has 0 heterocycles. The third-order valence-electron chi connectivity index (χ3n) is 2.39. The van der Waals surface area contributed by atoms with Gasteiger partial charge in [0.1, 0.15) is 5.69 Å². The number of nitrogens with one attached hydrogen (secondary N) is 1. The Morgan fingerprint density at radius 1 is 1.40 bits per heavy atom. The molecule has 0 atom stereocenters. The molecule has 0 aliphatic carbocycles. The summed E-state index contributed by atoms with van der Waals surface area (Å²) in [5.41, 5.74) is -0.767. The van der Waals surface area contributed by atoms with Crippen molar-refractivity contribution >= 4 is 17.3 Å². The minimum atomic E-state index is -4.28. The van der Waals surface area contributed by atoms with E-state index in [2.05, 4.69) is 5.32 Å². The lowest BCUT2D eigenvalue weighted by Gasteiger charge is -2.09. The molecule has 0 amide bonds. The molecule has 20 heavy (non-hydrogen) atoms. The fraction of sp³-hybridized carbons (Fsp3) is 0.364.